The average Bonchev–Trinajstić information content (AvgIpc) is 2.98. The number of carbonyl (C=O) groups excluding carboxylic acids is 2. The molecule has 150 valence electrons. The Labute approximate surface area is 165 Å². The van der Waals surface area contributed by atoms with E-state index in [1.807, 2.05) is 0 Å². The number of carbonyl (C=O) groups is 2. The highest BCUT2D eigenvalue weighted by atomic mass is 35.5. The van der Waals surface area contributed by atoms with Gasteiger partial charge in [-0.05, 0) is 43.9 Å². The zero-order valence-electron chi connectivity index (χ0n) is 14.8. The highest BCUT2D eigenvalue weighted by Gasteiger charge is 2.36. The number of nitrogens with one attached hydrogen (secondary N) is 1. The van der Waals surface area contributed by atoms with Gasteiger partial charge in [0.1, 0.15) is 0 Å². The van der Waals surface area contributed by atoms with Crippen LogP contribution in [-0.4, -0.2) is 38.9 Å². The lowest BCUT2D eigenvalue weighted by Gasteiger charge is -2.27. The normalized spacial score (nSPS) is 25.8. The fourth-order valence-electron chi connectivity index (χ4n) is 3.54. The van der Waals surface area contributed by atoms with E-state index in [2.05, 4.69) is 5.32 Å². The molecule has 0 spiro atoms. The fourth-order valence-corrected chi connectivity index (χ4v) is 4.10. The van der Waals surface area contributed by atoms with E-state index < -0.39 is 15.9 Å². The molecular weight excluding hydrogens is 392 g/mol. The molecule has 5 N–H and O–H groups in total. The fraction of sp³-hybridized carbons (Fsp3) is 0.529. The van der Waals surface area contributed by atoms with E-state index in [-0.39, 0.29) is 54.2 Å². The van der Waals surface area contributed by atoms with Gasteiger partial charge in [0.05, 0.1) is 10.8 Å². The zero-order chi connectivity index (χ0) is 18.9. The van der Waals surface area contributed by atoms with E-state index in [1.165, 1.54) is 23.1 Å². The van der Waals surface area contributed by atoms with Crippen molar-refractivity contribution >= 4 is 39.9 Å². The third-order valence-corrected chi connectivity index (χ3v) is 5.98. The van der Waals surface area contributed by atoms with Crippen molar-refractivity contribution in [1.29, 1.82) is 0 Å². The molecule has 27 heavy (non-hydrogen) atoms. The van der Waals surface area contributed by atoms with E-state index in [9.17, 15) is 18.0 Å². The summed E-state index contributed by atoms with van der Waals surface area (Å²) in [7, 11) is -3.85. The second kappa shape index (κ2) is 8.55. The third-order valence-electron chi connectivity index (χ3n) is 5.07. The van der Waals surface area contributed by atoms with Crippen molar-refractivity contribution in [3.8, 4) is 0 Å². The molecular formula is C17H25ClN4O4S. The van der Waals surface area contributed by atoms with E-state index in [0.717, 1.165) is 25.7 Å². The maximum absolute atomic E-state index is 12.5. The molecule has 1 saturated carbocycles. The van der Waals surface area contributed by atoms with Crippen LogP contribution >= 0.6 is 12.4 Å². The Morgan fingerprint density at radius 3 is 2.48 bits per heavy atom. The van der Waals surface area contributed by atoms with Gasteiger partial charge in [-0.15, -0.1) is 12.4 Å². The lowest BCUT2D eigenvalue weighted by atomic mass is 9.91. The van der Waals surface area contributed by atoms with Crippen LogP contribution in [0.15, 0.2) is 29.2 Å². The van der Waals surface area contributed by atoms with Gasteiger partial charge in [-0.25, -0.2) is 13.6 Å². The maximum Gasteiger partial charge on any atom is 0.238 e. The molecule has 3 rings (SSSR count). The largest absolute Gasteiger partial charge is 0.353 e. The highest BCUT2D eigenvalue weighted by molar-refractivity contribution is 7.89. The highest BCUT2D eigenvalue weighted by Crippen LogP contribution is 2.27. The average molecular weight is 417 g/mol. The van der Waals surface area contributed by atoms with Gasteiger partial charge in [0.2, 0.25) is 21.8 Å². The monoisotopic (exact) mass is 416 g/mol. The standard InChI is InChI=1S/C17H24N4O4S.ClH/c18-12-4-6-13(7-5-12)20-17(23)11-8-16(22)21(10-11)14-2-1-3-15(9-14)26(19,24)25;/h1-3,9,11-13H,4-8,10,18H2,(H,20,23)(H2,19,24,25);1H. The number of rotatable bonds is 4. The summed E-state index contributed by atoms with van der Waals surface area (Å²) in [5.41, 5.74) is 6.31. The first-order valence-corrected chi connectivity index (χ1v) is 10.3. The molecule has 1 aromatic rings. The van der Waals surface area contributed by atoms with Crippen molar-refractivity contribution in [2.45, 2.75) is 49.1 Å². The lowest BCUT2D eigenvalue weighted by molar-refractivity contribution is -0.127. The summed E-state index contributed by atoms with van der Waals surface area (Å²) in [6.07, 6.45) is 3.60. The first-order valence-electron chi connectivity index (χ1n) is 8.73. The minimum absolute atomic E-state index is 0. The quantitative estimate of drug-likeness (QED) is 0.656. The van der Waals surface area contributed by atoms with Crippen molar-refractivity contribution < 1.29 is 18.0 Å². The Kier molecular flexibility index (Phi) is 6.85. The predicted octanol–water partition coefficient (Wildman–Crippen LogP) is 0.495. The maximum atomic E-state index is 12.5. The molecule has 1 saturated heterocycles. The number of nitrogens with two attached hydrogens (primary N) is 2. The predicted molar refractivity (Wildman–Crippen MR) is 104 cm³/mol. The minimum Gasteiger partial charge on any atom is -0.353 e. The van der Waals surface area contributed by atoms with Gasteiger partial charge in [0, 0.05) is 30.7 Å². The molecule has 2 fully saturated rings. The molecule has 1 unspecified atom stereocenters. The molecule has 8 nitrogen and oxygen atoms in total. The van der Waals surface area contributed by atoms with Gasteiger partial charge in [-0.3, -0.25) is 9.59 Å². The van der Waals surface area contributed by atoms with Gasteiger partial charge in [0.15, 0.2) is 0 Å². The summed E-state index contributed by atoms with van der Waals surface area (Å²) in [6, 6.07) is 6.21. The van der Waals surface area contributed by atoms with E-state index in [0.29, 0.717) is 5.69 Å². The first kappa shape index (κ1) is 21.6. The first-order chi connectivity index (χ1) is 12.2. The van der Waals surface area contributed by atoms with Crippen molar-refractivity contribution in [3.05, 3.63) is 24.3 Å². The summed E-state index contributed by atoms with van der Waals surface area (Å²) in [4.78, 5) is 26.2. The number of nitrogens with zero attached hydrogens (tertiary/aromatic N) is 1. The van der Waals surface area contributed by atoms with Crippen LogP contribution in [0.25, 0.3) is 0 Å². The van der Waals surface area contributed by atoms with Gasteiger partial charge < -0.3 is 16.0 Å². The van der Waals surface area contributed by atoms with Crippen LogP contribution in [0, 0.1) is 5.92 Å². The summed E-state index contributed by atoms with van der Waals surface area (Å²) in [5.74, 6) is -0.789. The topological polar surface area (TPSA) is 136 Å². The van der Waals surface area contributed by atoms with Crippen LogP contribution in [0.2, 0.25) is 0 Å². The number of anilines is 1. The zero-order valence-corrected chi connectivity index (χ0v) is 16.5. The molecule has 10 heteroatoms. The number of benzene rings is 1. The van der Waals surface area contributed by atoms with Crippen LogP contribution < -0.4 is 21.1 Å². The Bertz CT molecular complexity index is 809. The molecule has 0 bridgehead atoms. The number of primary sulfonamides is 1. The van der Waals surface area contributed by atoms with Crippen LogP contribution in [0.4, 0.5) is 5.69 Å². The summed E-state index contributed by atoms with van der Waals surface area (Å²) >= 11 is 0. The number of hydrogen-bond acceptors (Lipinski definition) is 5. The summed E-state index contributed by atoms with van der Waals surface area (Å²) in [6.45, 7) is 0.227. The third kappa shape index (κ3) is 5.19. The Hall–Kier alpha value is -1.68. The molecule has 1 aliphatic heterocycles. The second-order valence-corrected chi connectivity index (χ2v) is 8.63. The molecule has 2 amide bonds. The summed E-state index contributed by atoms with van der Waals surface area (Å²) in [5, 5.41) is 8.16. The van der Waals surface area contributed by atoms with Gasteiger partial charge in [-0.2, -0.15) is 0 Å². The number of halogens is 1. The second-order valence-electron chi connectivity index (χ2n) is 7.07. The number of sulfonamides is 1. The van der Waals surface area contributed by atoms with Gasteiger partial charge >= 0.3 is 0 Å². The van der Waals surface area contributed by atoms with Crippen molar-refractivity contribution in [3.63, 3.8) is 0 Å². The van der Waals surface area contributed by atoms with E-state index >= 15 is 0 Å². The Balaban J connectivity index is 0.00000261. The van der Waals surface area contributed by atoms with Gasteiger partial charge in [0.25, 0.3) is 0 Å². The van der Waals surface area contributed by atoms with Crippen molar-refractivity contribution in [2.24, 2.45) is 16.8 Å². The van der Waals surface area contributed by atoms with Crippen LogP contribution in [0.3, 0.4) is 0 Å². The van der Waals surface area contributed by atoms with E-state index in [4.69, 9.17) is 10.9 Å². The molecule has 1 atom stereocenters. The number of amides is 2. The Morgan fingerprint density at radius 1 is 1.19 bits per heavy atom. The molecule has 0 radical (unpaired) electrons. The lowest BCUT2D eigenvalue weighted by Crippen LogP contribution is -2.43. The molecule has 1 aliphatic carbocycles. The van der Waals surface area contributed by atoms with Crippen LogP contribution in [0.5, 0.6) is 0 Å². The van der Waals surface area contributed by atoms with Crippen LogP contribution in [0.1, 0.15) is 32.1 Å². The smallest absolute Gasteiger partial charge is 0.238 e. The number of hydrogen-bond donors (Lipinski definition) is 3. The Morgan fingerprint density at radius 2 is 1.85 bits per heavy atom. The minimum atomic E-state index is -3.85. The van der Waals surface area contributed by atoms with Crippen LogP contribution in [-0.2, 0) is 19.6 Å². The molecule has 2 aliphatic rings. The van der Waals surface area contributed by atoms with Gasteiger partial charge in [-0.1, -0.05) is 6.07 Å². The SMILES string of the molecule is Cl.NC1CCC(NC(=O)C2CC(=O)N(c3cccc(S(N)(=O)=O)c3)C2)CC1. The molecule has 0 aromatic heterocycles. The molecule has 1 heterocycles. The summed E-state index contributed by atoms with van der Waals surface area (Å²) < 4.78 is 23.0. The molecule has 1 aromatic carbocycles. The van der Waals surface area contributed by atoms with Crippen molar-refractivity contribution in [2.75, 3.05) is 11.4 Å². The van der Waals surface area contributed by atoms with Crippen molar-refractivity contribution in [1.82, 2.24) is 5.32 Å². The van der Waals surface area contributed by atoms with E-state index in [1.54, 1.807) is 6.07 Å².